The fourth-order valence-electron chi connectivity index (χ4n) is 3.34. The maximum atomic E-state index is 12.5. The summed E-state index contributed by atoms with van der Waals surface area (Å²) in [7, 11) is 0. The number of benzene rings is 2. The van der Waals surface area contributed by atoms with Gasteiger partial charge >= 0.3 is 0 Å². The standard InChI is InChI=1S/C23H23N3O2S/c1-14-7-9-17(10-8-14)18-11-20(27)26-23(19(18)12-24)29-13-21(28)25-22-15(2)5-4-6-16(22)3/h4-10,18H,11,13H2,1-3H3,(H,25,28)(H,26,27)/t18-/m1/s1. The van der Waals surface area contributed by atoms with Crippen molar-refractivity contribution >= 4 is 29.3 Å². The summed E-state index contributed by atoms with van der Waals surface area (Å²) in [5, 5.41) is 15.9. The summed E-state index contributed by atoms with van der Waals surface area (Å²) in [6.07, 6.45) is 0.227. The van der Waals surface area contributed by atoms with Gasteiger partial charge in [-0.1, -0.05) is 59.8 Å². The van der Waals surface area contributed by atoms with Crippen molar-refractivity contribution in [2.75, 3.05) is 11.1 Å². The third kappa shape index (κ3) is 4.87. The maximum absolute atomic E-state index is 12.5. The number of aryl methyl sites for hydroxylation is 3. The molecule has 0 saturated carbocycles. The van der Waals surface area contributed by atoms with E-state index in [-0.39, 0.29) is 29.9 Å². The van der Waals surface area contributed by atoms with E-state index in [1.165, 1.54) is 11.8 Å². The van der Waals surface area contributed by atoms with Gasteiger partial charge in [-0.3, -0.25) is 9.59 Å². The second kappa shape index (κ2) is 8.97. The number of hydrogen-bond donors (Lipinski definition) is 2. The van der Waals surface area contributed by atoms with Crippen molar-refractivity contribution in [3.05, 3.63) is 75.3 Å². The zero-order chi connectivity index (χ0) is 21.0. The Morgan fingerprint density at radius 2 is 1.83 bits per heavy atom. The molecule has 0 spiro atoms. The van der Waals surface area contributed by atoms with Crippen LogP contribution in [0.1, 0.15) is 34.6 Å². The maximum Gasteiger partial charge on any atom is 0.234 e. The molecule has 148 valence electrons. The minimum Gasteiger partial charge on any atom is -0.325 e. The lowest BCUT2D eigenvalue weighted by molar-refractivity contribution is -0.121. The molecule has 1 aliphatic heterocycles. The van der Waals surface area contributed by atoms with Crippen LogP contribution in [0.15, 0.2) is 53.1 Å². The first-order valence-electron chi connectivity index (χ1n) is 9.38. The van der Waals surface area contributed by atoms with Gasteiger partial charge in [-0.25, -0.2) is 0 Å². The number of nitrogens with zero attached hydrogens (tertiary/aromatic N) is 1. The molecule has 2 amide bonds. The molecule has 2 aromatic carbocycles. The zero-order valence-corrected chi connectivity index (χ0v) is 17.5. The molecule has 6 heteroatoms. The third-order valence-electron chi connectivity index (χ3n) is 4.93. The average molecular weight is 406 g/mol. The largest absolute Gasteiger partial charge is 0.325 e. The molecule has 0 radical (unpaired) electrons. The van der Waals surface area contributed by atoms with Gasteiger partial charge in [0.05, 0.1) is 22.4 Å². The highest BCUT2D eigenvalue weighted by Crippen LogP contribution is 2.36. The molecule has 5 nitrogen and oxygen atoms in total. The third-order valence-corrected chi connectivity index (χ3v) is 5.95. The number of carbonyl (C=O) groups is 2. The van der Waals surface area contributed by atoms with Gasteiger partial charge in [-0.05, 0) is 37.5 Å². The SMILES string of the molecule is Cc1ccc([C@H]2CC(=O)NC(SCC(=O)Nc3c(C)cccc3C)=C2C#N)cc1. The molecule has 0 bridgehead atoms. The van der Waals surface area contributed by atoms with Crippen LogP contribution in [0, 0.1) is 32.1 Å². The van der Waals surface area contributed by atoms with Crippen LogP contribution in [0.25, 0.3) is 0 Å². The van der Waals surface area contributed by atoms with Crippen LogP contribution in [0.2, 0.25) is 0 Å². The number of carbonyl (C=O) groups excluding carboxylic acids is 2. The van der Waals surface area contributed by atoms with E-state index >= 15 is 0 Å². The fourth-order valence-corrected chi connectivity index (χ4v) is 4.22. The lowest BCUT2D eigenvalue weighted by atomic mass is 9.87. The summed E-state index contributed by atoms with van der Waals surface area (Å²) in [6.45, 7) is 5.88. The summed E-state index contributed by atoms with van der Waals surface area (Å²) in [5.74, 6) is -0.510. The number of nitriles is 1. The van der Waals surface area contributed by atoms with Gasteiger partial charge in [0.1, 0.15) is 0 Å². The van der Waals surface area contributed by atoms with Crippen molar-refractivity contribution in [1.82, 2.24) is 5.32 Å². The van der Waals surface area contributed by atoms with Crippen molar-refractivity contribution in [2.24, 2.45) is 0 Å². The summed E-state index contributed by atoms with van der Waals surface area (Å²) < 4.78 is 0. The molecule has 29 heavy (non-hydrogen) atoms. The number of para-hydroxylation sites is 1. The van der Waals surface area contributed by atoms with Crippen LogP contribution in [0.5, 0.6) is 0 Å². The first kappa shape index (κ1) is 20.7. The number of anilines is 1. The highest BCUT2D eigenvalue weighted by atomic mass is 32.2. The van der Waals surface area contributed by atoms with Crippen molar-refractivity contribution in [1.29, 1.82) is 5.26 Å². The van der Waals surface area contributed by atoms with Crippen LogP contribution in [0.3, 0.4) is 0 Å². The van der Waals surface area contributed by atoms with E-state index in [4.69, 9.17) is 0 Å². The second-order valence-electron chi connectivity index (χ2n) is 7.17. The van der Waals surface area contributed by atoms with Crippen LogP contribution >= 0.6 is 11.8 Å². The van der Waals surface area contributed by atoms with Gasteiger partial charge in [-0.15, -0.1) is 0 Å². The van der Waals surface area contributed by atoms with Crippen molar-refractivity contribution in [2.45, 2.75) is 33.1 Å². The quantitative estimate of drug-likeness (QED) is 0.776. The van der Waals surface area contributed by atoms with Gasteiger partial charge < -0.3 is 10.6 Å². The first-order valence-corrected chi connectivity index (χ1v) is 10.4. The molecule has 0 aromatic heterocycles. The van der Waals surface area contributed by atoms with Crippen molar-refractivity contribution in [3.63, 3.8) is 0 Å². The minimum absolute atomic E-state index is 0.106. The molecule has 0 fully saturated rings. The van der Waals surface area contributed by atoms with Crippen molar-refractivity contribution < 1.29 is 9.59 Å². The first-order chi connectivity index (χ1) is 13.9. The van der Waals surface area contributed by atoms with Gasteiger partial charge in [-0.2, -0.15) is 5.26 Å². The lowest BCUT2D eigenvalue weighted by Crippen LogP contribution is -2.31. The number of nitrogens with one attached hydrogen (secondary N) is 2. The Balaban J connectivity index is 1.77. The lowest BCUT2D eigenvalue weighted by Gasteiger charge is -2.25. The number of allylic oxidation sites excluding steroid dienone is 1. The Labute approximate surface area is 175 Å². The Morgan fingerprint density at radius 1 is 1.17 bits per heavy atom. The van der Waals surface area contributed by atoms with E-state index in [1.54, 1.807) is 0 Å². The number of thioether (sulfide) groups is 1. The molecule has 0 aliphatic carbocycles. The highest BCUT2D eigenvalue weighted by molar-refractivity contribution is 8.03. The van der Waals surface area contributed by atoms with Crippen LogP contribution in [-0.4, -0.2) is 17.6 Å². The number of amides is 2. The van der Waals surface area contributed by atoms with Gasteiger partial charge in [0.25, 0.3) is 0 Å². The molecule has 1 heterocycles. The highest BCUT2D eigenvalue weighted by Gasteiger charge is 2.29. The van der Waals surface area contributed by atoms with Gasteiger partial charge in [0.2, 0.25) is 11.8 Å². The predicted molar refractivity (Wildman–Crippen MR) is 116 cm³/mol. The van der Waals surface area contributed by atoms with Crippen molar-refractivity contribution in [3.8, 4) is 6.07 Å². The number of rotatable bonds is 5. The fraction of sp³-hybridized carbons (Fsp3) is 0.261. The molecular formula is C23H23N3O2S. The smallest absolute Gasteiger partial charge is 0.234 e. The predicted octanol–water partition coefficient (Wildman–Crippen LogP) is 4.32. The minimum atomic E-state index is -0.293. The summed E-state index contributed by atoms with van der Waals surface area (Å²) >= 11 is 1.19. The van der Waals surface area contributed by atoms with E-state index in [1.807, 2.05) is 63.2 Å². The molecule has 2 N–H and O–H groups in total. The Bertz CT molecular complexity index is 999. The summed E-state index contributed by atoms with van der Waals surface area (Å²) in [4.78, 5) is 24.7. The van der Waals surface area contributed by atoms with Crippen LogP contribution in [-0.2, 0) is 9.59 Å². The monoisotopic (exact) mass is 405 g/mol. The Hall–Kier alpha value is -3.04. The topological polar surface area (TPSA) is 82.0 Å². The molecule has 1 atom stereocenters. The van der Waals surface area contributed by atoms with E-state index < -0.39 is 0 Å². The molecule has 1 aliphatic rings. The molecule has 0 saturated heterocycles. The van der Waals surface area contributed by atoms with E-state index in [2.05, 4.69) is 16.7 Å². The summed E-state index contributed by atoms with van der Waals surface area (Å²) in [5.41, 5.74) is 5.34. The Kier molecular flexibility index (Phi) is 6.40. The molecular weight excluding hydrogens is 382 g/mol. The van der Waals surface area contributed by atoms with Crippen LogP contribution in [0.4, 0.5) is 5.69 Å². The average Bonchev–Trinajstić information content (AvgIpc) is 2.69. The normalized spacial score (nSPS) is 16.2. The molecule has 2 aromatic rings. The van der Waals surface area contributed by atoms with Crippen LogP contribution < -0.4 is 10.6 Å². The summed E-state index contributed by atoms with van der Waals surface area (Å²) in [6, 6.07) is 15.9. The van der Waals surface area contributed by atoms with E-state index in [0.717, 1.165) is 27.9 Å². The molecule has 3 rings (SSSR count). The van der Waals surface area contributed by atoms with Gasteiger partial charge in [0, 0.05) is 18.0 Å². The van der Waals surface area contributed by atoms with Gasteiger partial charge in [0.15, 0.2) is 0 Å². The number of hydrogen-bond acceptors (Lipinski definition) is 4. The van der Waals surface area contributed by atoms with E-state index in [0.29, 0.717) is 10.6 Å². The zero-order valence-electron chi connectivity index (χ0n) is 16.7. The molecule has 0 unspecified atom stereocenters. The second-order valence-corrected chi connectivity index (χ2v) is 8.16. The Morgan fingerprint density at radius 3 is 2.45 bits per heavy atom. The van der Waals surface area contributed by atoms with E-state index in [9.17, 15) is 14.9 Å².